The molecule has 2 aliphatic carbocycles. The summed E-state index contributed by atoms with van der Waals surface area (Å²) in [5, 5.41) is 13.1. The smallest absolute Gasteiger partial charge is 0.00185 e. The summed E-state index contributed by atoms with van der Waals surface area (Å²) < 4.78 is 0. The van der Waals surface area contributed by atoms with E-state index in [0.717, 1.165) is 12.3 Å². The molecule has 86 heavy (non-hydrogen) atoms. The van der Waals surface area contributed by atoms with Crippen LogP contribution in [0.15, 0.2) is 133 Å². The largest absolute Gasteiger partial charge is 0.138 e. The lowest BCUT2D eigenvalue weighted by Gasteiger charge is -2.31. The third-order valence-electron chi connectivity index (χ3n) is 19.2. The lowest BCUT2D eigenvalue weighted by Crippen LogP contribution is -2.14. The molecule has 0 aromatic heterocycles. The van der Waals surface area contributed by atoms with Crippen LogP contribution in [0.25, 0.3) is 76.5 Å². The van der Waals surface area contributed by atoms with Crippen LogP contribution in [0.5, 0.6) is 0 Å². The highest BCUT2D eigenvalue weighted by atomic mass is 31.0. The number of hydrogen-bond donors (Lipinski definition) is 0. The first-order chi connectivity index (χ1) is 41.9. The van der Waals surface area contributed by atoms with E-state index in [2.05, 4.69) is 230 Å². The Kier molecular flexibility index (Phi) is 23.0. The van der Waals surface area contributed by atoms with Crippen molar-refractivity contribution < 1.29 is 0 Å². The average molecular weight is 1240 g/mol. The molecule has 0 N–H and O–H groups in total. The molecular formula is C80H96P6. The third kappa shape index (κ3) is 14.1. The molecule has 0 nitrogen and oxygen atoms in total. The minimum Gasteiger partial charge on any atom is -0.138 e. The second-order valence-electron chi connectivity index (χ2n) is 25.0. The molecule has 0 radical (unpaired) electrons. The minimum absolute atomic E-state index is 0.963. The van der Waals surface area contributed by atoms with E-state index in [1.807, 2.05) is 0 Å². The zero-order valence-corrected chi connectivity index (χ0v) is 59.7. The van der Waals surface area contributed by atoms with Gasteiger partial charge in [0.25, 0.3) is 0 Å². The first-order valence-corrected chi connectivity index (χ1v) is 37.0. The lowest BCUT2D eigenvalue weighted by atomic mass is 9.74. The second kappa shape index (κ2) is 30.6. The number of unbranched alkanes of at least 4 members (excludes halogenated alkanes) is 6. The van der Waals surface area contributed by atoms with E-state index in [0.29, 0.717) is 0 Å². The van der Waals surface area contributed by atoms with Crippen LogP contribution in [0.1, 0.15) is 155 Å². The van der Waals surface area contributed by atoms with Crippen molar-refractivity contribution in [3.63, 3.8) is 0 Å². The molecule has 0 fully saturated rings. The second-order valence-corrected chi connectivity index (χ2v) is 28.2. The Hall–Kier alpha value is -4.18. The average Bonchev–Trinajstić information content (AvgIpc) is 1.43. The maximum absolute atomic E-state index is 2.97. The van der Waals surface area contributed by atoms with Crippen LogP contribution in [-0.2, 0) is 50.8 Å². The van der Waals surface area contributed by atoms with Gasteiger partial charge >= 0.3 is 0 Å². The van der Waals surface area contributed by atoms with Crippen molar-refractivity contribution in [2.24, 2.45) is 0 Å². The quantitative estimate of drug-likeness (QED) is 0.0630. The predicted octanol–water partition coefficient (Wildman–Crippen LogP) is 22.0. The number of fused-ring (bicyclic) bond motifs is 6. The molecule has 446 valence electrons. The molecule has 0 saturated heterocycles. The van der Waals surface area contributed by atoms with Gasteiger partial charge in [-0.25, -0.2) is 0 Å². The van der Waals surface area contributed by atoms with E-state index in [4.69, 9.17) is 0 Å². The molecule has 0 amide bonds. The zero-order chi connectivity index (χ0) is 60.4. The van der Waals surface area contributed by atoms with Gasteiger partial charge in [0.1, 0.15) is 0 Å². The molecule has 12 rings (SSSR count). The Morgan fingerprint density at radius 2 is 0.605 bits per heavy atom. The predicted molar refractivity (Wildman–Crippen MR) is 406 cm³/mol. The molecule has 6 atom stereocenters. The topological polar surface area (TPSA) is 0 Å². The third-order valence-corrected chi connectivity index (χ3v) is 22.4. The standard InChI is InChI=1S/C34H52P2.C24H24P2.C22H20P2/c1-25-23-27-15-9-11-19-31(27)33(29(25)17-7-3-5-13-21-35)34-30(18-8-4-6-14-22-36)26(2)24-28-16-10-12-20-32(28)34;1-15-11-17-7-3-5-9-19(17)23(21(15)13-25)24-20-10-6-4-8-18(20)12-16(2)22(24)14-26;1-13-11-15-7-3-5-9-17(15)19(21(13)23)20-18-10-6-4-8-16(18)12-14(2)22(20)24/h23-24H,3-22,35-36H2,1-2H3;3-12H,13-14,25-26H2,1-2H3;3-12H,23-24H2,1-2H3. The molecule has 6 heteroatoms. The molecule has 10 aromatic rings. The van der Waals surface area contributed by atoms with Crippen LogP contribution in [0.4, 0.5) is 0 Å². The summed E-state index contributed by atoms with van der Waals surface area (Å²) >= 11 is 0. The van der Waals surface area contributed by atoms with Gasteiger partial charge in [-0.15, -0.1) is 55.4 Å². The van der Waals surface area contributed by atoms with Gasteiger partial charge in [-0.05, 0) is 321 Å². The van der Waals surface area contributed by atoms with Crippen LogP contribution in [0, 0.1) is 41.5 Å². The normalized spacial score (nSPS) is 12.9. The van der Waals surface area contributed by atoms with Crippen LogP contribution in [0.3, 0.4) is 0 Å². The summed E-state index contributed by atoms with van der Waals surface area (Å²) in [6, 6.07) is 49.4. The van der Waals surface area contributed by atoms with Crippen molar-refractivity contribution in [3.05, 3.63) is 211 Å². The summed E-state index contributed by atoms with van der Waals surface area (Å²) in [6.45, 7) is 13.7. The van der Waals surface area contributed by atoms with Gasteiger partial charge in [-0.2, -0.15) is 0 Å². The number of hydrogen-bond acceptors (Lipinski definition) is 0. The SMILES string of the molecule is Cc1cc2c(c(-c3c(CCCCCCP)c(C)cc4c3CCCC4)c1CCCCCCP)CCCC2.Cc1cc2ccccc2c(-c2c(CP)c(C)cc3ccccc23)c1CP.Cc1cc2ccccc2c(-c2c(P)c(C)cc3ccccc23)c1P. The molecule has 10 aromatic carbocycles. The van der Waals surface area contributed by atoms with E-state index in [9.17, 15) is 0 Å². The Morgan fingerprint density at radius 1 is 0.302 bits per heavy atom. The summed E-state index contributed by atoms with van der Waals surface area (Å²) in [4.78, 5) is 0. The lowest BCUT2D eigenvalue weighted by molar-refractivity contribution is 0.658. The first kappa shape index (κ1) is 64.8. The molecule has 2 aliphatic rings. The van der Waals surface area contributed by atoms with E-state index >= 15 is 0 Å². The zero-order valence-electron chi connectivity index (χ0n) is 52.7. The molecule has 0 aliphatic heterocycles. The van der Waals surface area contributed by atoms with Crippen molar-refractivity contribution in [3.8, 4) is 33.4 Å². The molecular weight excluding hydrogens is 1150 g/mol. The maximum atomic E-state index is 2.97. The van der Waals surface area contributed by atoms with E-state index in [-0.39, 0.29) is 0 Å². The van der Waals surface area contributed by atoms with Gasteiger partial charge in [0.15, 0.2) is 0 Å². The molecule has 0 spiro atoms. The van der Waals surface area contributed by atoms with E-state index in [1.54, 1.807) is 55.6 Å². The van der Waals surface area contributed by atoms with Crippen molar-refractivity contribution >= 4 is 109 Å². The van der Waals surface area contributed by atoms with Crippen molar-refractivity contribution in [1.29, 1.82) is 0 Å². The highest BCUT2D eigenvalue weighted by molar-refractivity contribution is 7.29. The Labute approximate surface area is 532 Å². The highest BCUT2D eigenvalue weighted by Gasteiger charge is 2.28. The maximum Gasteiger partial charge on any atom is -0.00185 e. The Bertz CT molecular complexity index is 3790. The van der Waals surface area contributed by atoms with Crippen molar-refractivity contribution in [2.75, 3.05) is 12.3 Å². The van der Waals surface area contributed by atoms with Gasteiger partial charge in [-0.3, -0.25) is 0 Å². The number of rotatable bonds is 17. The fourth-order valence-corrected chi connectivity index (χ4v) is 17.2. The molecule has 0 bridgehead atoms. The minimum atomic E-state index is 0.963. The van der Waals surface area contributed by atoms with Gasteiger partial charge in [0, 0.05) is 0 Å². The van der Waals surface area contributed by atoms with Crippen LogP contribution >= 0.6 is 55.4 Å². The Morgan fingerprint density at radius 3 is 0.953 bits per heavy atom. The first-order valence-electron chi connectivity index (χ1n) is 32.6. The summed E-state index contributed by atoms with van der Waals surface area (Å²) in [5.41, 5.74) is 30.6. The van der Waals surface area contributed by atoms with Crippen molar-refractivity contribution in [1.82, 2.24) is 0 Å². The van der Waals surface area contributed by atoms with Crippen LogP contribution in [-0.4, -0.2) is 12.3 Å². The summed E-state index contributed by atoms with van der Waals surface area (Å²) in [7, 11) is 17.6. The van der Waals surface area contributed by atoms with Gasteiger partial charge < -0.3 is 0 Å². The number of aryl methyl sites for hydroxylation is 8. The molecule has 0 heterocycles. The monoisotopic (exact) mass is 1240 g/mol. The van der Waals surface area contributed by atoms with E-state index in [1.165, 1.54) is 237 Å². The van der Waals surface area contributed by atoms with Crippen LogP contribution in [0.2, 0.25) is 0 Å². The van der Waals surface area contributed by atoms with Gasteiger partial charge in [0.2, 0.25) is 0 Å². The van der Waals surface area contributed by atoms with E-state index < -0.39 is 0 Å². The van der Waals surface area contributed by atoms with Gasteiger partial charge in [0.05, 0.1) is 0 Å². The van der Waals surface area contributed by atoms with Crippen LogP contribution < -0.4 is 10.6 Å². The molecule has 0 saturated carbocycles. The Balaban J connectivity index is 0.000000147. The summed E-state index contributed by atoms with van der Waals surface area (Å²) in [6.07, 6.45) is 28.5. The fourth-order valence-electron chi connectivity index (χ4n) is 14.8. The number of benzene rings is 10. The highest BCUT2D eigenvalue weighted by Crippen LogP contribution is 2.46. The fraction of sp³-hybridized carbons (Fsp3) is 0.350. The van der Waals surface area contributed by atoms with Gasteiger partial charge in [-0.1, -0.05) is 159 Å². The molecule has 6 unspecified atom stereocenters. The van der Waals surface area contributed by atoms with Crippen molar-refractivity contribution in [2.45, 2.75) is 169 Å². The summed E-state index contributed by atoms with van der Waals surface area (Å²) in [5.74, 6) is 0.